The summed E-state index contributed by atoms with van der Waals surface area (Å²) in [6, 6.07) is 8.77. The van der Waals surface area contributed by atoms with Crippen LogP contribution in [0.1, 0.15) is 19.4 Å². The molecule has 0 radical (unpaired) electrons. The lowest BCUT2D eigenvalue weighted by atomic mass is 10.1. The predicted molar refractivity (Wildman–Crippen MR) is 114 cm³/mol. The van der Waals surface area contributed by atoms with Crippen molar-refractivity contribution in [2.45, 2.75) is 20.0 Å². The molecule has 0 amide bonds. The zero-order valence-corrected chi connectivity index (χ0v) is 17.0. The Morgan fingerprint density at radius 2 is 2.06 bits per heavy atom. The van der Waals surface area contributed by atoms with E-state index in [1.807, 2.05) is 0 Å². The SMILES string of the molecule is CCOc1cc(C=Nn2c(=O)[nH]c3ccccc3c2=O)cc([N+](=O)[O-])c1OC(C)C(=O)O. The number of aliphatic carboxylic acids is 1. The van der Waals surface area contributed by atoms with Crippen LogP contribution < -0.4 is 20.7 Å². The number of carboxylic acids is 1. The Hall–Kier alpha value is -4.48. The van der Waals surface area contributed by atoms with E-state index in [9.17, 15) is 24.5 Å². The fraction of sp³-hybridized carbons (Fsp3) is 0.200. The fourth-order valence-corrected chi connectivity index (χ4v) is 2.81. The van der Waals surface area contributed by atoms with Gasteiger partial charge in [0.05, 0.1) is 28.6 Å². The molecule has 12 heteroatoms. The van der Waals surface area contributed by atoms with Gasteiger partial charge in [-0.2, -0.15) is 5.10 Å². The minimum atomic E-state index is -1.37. The van der Waals surface area contributed by atoms with E-state index >= 15 is 0 Å². The first-order chi connectivity index (χ1) is 15.2. The van der Waals surface area contributed by atoms with Crippen molar-refractivity contribution in [1.82, 2.24) is 9.66 Å². The van der Waals surface area contributed by atoms with Crippen molar-refractivity contribution in [3.05, 3.63) is 72.9 Å². The van der Waals surface area contributed by atoms with Crippen LogP contribution in [0, 0.1) is 10.1 Å². The lowest BCUT2D eigenvalue weighted by Crippen LogP contribution is -2.32. The molecule has 1 aromatic heterocycles. The number of benzene rings is 2. The second-order valence-corrected chi connectivity index (χ2v) is 6.49. The van der Waals surface area contributed by atoms with Crippen LogP contribution in [-0.2, 0) is 4.79 Å². The van der Waals surface area contributed by atoms with E-state index < -0.39 is 33.9 Å². The van der Waals surface area contributed by atoms with Gasteiger partial charge >= 0.3 is 17.3 Å². The van der Waals surface area contributed by atoms with Gasteiger partial charge in [0.25, 0.3) is 5.56 Å². The second-order valence-electron chi connectivity index (χ2n) is 6.49. The predicted octanol–water partition coefficient (Wildman–Crippen LogP) is 1.73. The Labute approximate surface area is 179 Å². The third-order valence-corrected chi connectivity index (χ3v) is 4.30. The number of carboxylic acid groups (broad SMARTS) is 1. The molecule has 0 spiro atoms. The zero-order valence-electron chi connectivity index (χ0n) is 17.0. The standard InChI is InChI=1S/C20H18N4O8/c1-3-31-16-9-12(8-15(24(29)30)17(16)32-11(2)19(26)27)10-21-23-18(25)13-6-4-5-7-14(13)22-20(23)28/h4-11H,3H2,1-2H3,(H,22,28)(H,26,27). The third-order valence-electron chi connectivity index (χ3n) is 4.30. The van der Waals surface area contributed by atoms with Gasteiger partial charge < -0.3 is 19.6 Å². The molecular weight excluding hydrogens is 424 g/mol. The molecule has 1 atom stereocenters. The summed E-state index contributed by atoms with van der Waals surface area (Å²) in [5.41, 5.74) is -1.56. The maximum absolute atomic E-state index is 12.6. The number of hydrogen-bond acceptors (Lipinski definition) is 8. The van der Waals surface area contributed by atoms with Crippen molar-refractivity contribution in [3.8, 4) is 11.5 Å². The number of ether oxygens (including phenoxy) is 2. The van der Waals surface area contributed by atoms with Crippen LogP contribution >= 0.6 is 0 Å². The summed E-state index contributed by atoms with van der Waals surface area (Å²) in [7, 11) is 0. The fourth-order valence-electron chi connectivity index (χ4n) is 2.81. The third kappa shape index (κ3) is 4.48. The summed E-state index contributed by atoms with van der Waals surface area (Å²) in [5, 5.41) is 24.7. The number of rotatable bonds is 8. The Morgan fingerprint density at radius 3 is 2.72 bits per heavy atom. The van der Waals surface area contributed by atoms with Gasteiger partial charge in [0.1, 0.15) is 0 Å². The van der Waals surface area contributed by atoms with Gasteiger partial charge in [0, 0.05) is 11.6 Å². The first-order valence-corrected chi connectivity index (χ1v) is 9.36. The van der Waals surface area contributed by atoms with Crippen molar-refractivity contribution in [2.75, 3.05) is 6.61 Å². The maximum Gasteiger partial charge on any atom is 0.349 e. The highest BCUT2D eigenvalue weighted by atomic mass is 16.6. The number of nitro benzene ring substituents is 1. The van der Waals surface area contributed by atoms with Gasteiger partial charge in [-0.15, -0.1) is 4.68 Å². The lowest BCUT2D eigenvalue weighted by Gasteiger charge is -2.15. The molecule has 0 aliphatic heterocycles. The Balaban J connectivity index is 2.11. The summed E-state index contributed by atoms with van der Waals surface area (Å²) in [4.78, 5) is 49.3. The van der Waals surface area contributed by atoms with Gasteiger partial charge in [-0.1, -0.05) is 12.1 Å². The molecule has 0 saturated carbocycles. The summed E-state index contributed by atoms with van der Waals surface area (Å²) >= 11 is 0. The van der Waals surface area contributed by atoms with Crippen molar-refractivity contribution in [2.24, 2.45) is 5.10 Å². The molecule has 0 fully saturated rings. The smallest absolute Gasteiger partial charge is 0.349 e. The summed E-state index contributed by atoms with van der Waals surface area (Å²) < 4.78 is 11.2. The molecule has 2 aromatic carbocycles. The van der Waals surface area contributed by atoms with E-state index in [-0.39, 0.29) is 29.1 Å². The molecule has 3 rings (SSSR count). The molecule has 0 bridgehead atoms. The molecule has 0 aliphatic rings. The van der Waals surface area contributed by atoms with Gasteiger partial charge in [-0.05, 0) is 32.0 Å². The molecule has 166 valence electrons. The highest BCUT2D eigenvalue weighted by Gasteiger charge is 2.26. The molecule has 3 aromatic rings. The molecule has 12 nitrogen and oxygen atoms in total. The van der Waals surface area contributed by atoms with E-state index in [0.717, 1.165) is 12.3 Å². The number of nitrogens with zero attached hydrogens (tertiary/aromatic N) is 3. The Kier molecular flexibility index (Phi) is 6.33. The molecule has 1 unspecified atom stereocenters. The average Bonchev–Trinajstić information content (AvgIpc) is 2.74. The summed E-state index contributed by atoms with van der Waals surface area (Å²) in [5.74, 6) is -1.76. The largest absolute Gasteiger partial charge is 0.490 e. The highest BCUT2D eigenvalue weighted by Crippen LogP contribution is 2.39. The summed E-state index contributed by atoms with van der Waals surface area (Å²) in [6.07, 6.45) is -0.298. The topological polar surface area (TPSA) is 166 Å². The van der Waals surface area contributed by atoms with Crippen LogP contribution in [0.2, 0.25) is 0 Å². The van der Waals surface area contributed by atoms with Crippen molar-refractivity contribution in [3.63, 3.8) is 0 Å². The minimum Gasteiger partial charge on any atom is -0.490 e. The van der Waals surface area contributed by atoms with Crippen molar-refractivity contribution < 1.29 is 24.3 Å². The van der Waals surface area contributed by atoms with Gasteiger partial charge in [-0.25, -0.2) is 9.59 Å². The Morgan fingerprint density at radius 1 is 1.34 bits per heavy atom. The normalized spacial score (nSPS) is 12.1. The van der Waals surface area contributed by atoms with Gasteiger partial charge in [-0.3, -0.25) is 14.9 Å². The van der Waals surface area contributed by atoms with Crippen LogP contribution in [-0.4, -0.2) is 44.6 Å². The summed E-state index contributed by atoms with van der Waals surface area (Å²) in [6.45, 7) is 2.96. The quantitative estimate of drug-likeness (QED) is 0.302. The number of nitro groups is 1. The van der Waals surface area contributed by atoms with Crippen LogP contribution in [0.25, 0.3) is 10.9 Å². The minimum absolute atomic E-state index is 0.0870. The lowest BCUT2D eigenvalue weighted by molar-refractivity contribution is -0.386. The van der Waals surface area contributed by atoms with E-state index in [2.05, 4.69) is 10.1 Å². The van der Waals surface area contributed by atoms with E-state index in [1.54, 1.807) is 25.1 Å². The zero-order chi connectivity index (χ0) is 23.4. The monoisotopic (exact) mass is 442 g/mol. The molecule has 1 heterocycles. The Bertz CT molecular complexity index is 1340. The number of aromatic amines is 1. The first kappa shape index (κ1) is 22.2. The number of aromatic nitrogens is 2. The molecule has 32 heavy (non-hydrogen) atoms. The van der Waals surface area contributed by atoms with Crippen molar-refractivity contribution >= 4 is 28.8 Å². The first-order valence-electron chi connectivity index (χ1n) is 9.36. The van der Waals surface area contributed by atoms with Gasteiger partial charge in [0.15, 0.2) is 11.9 Å². The number of H-pyrrole nitrogens is 1. The molecule has 0 aliphatic carbocycles. The van der Waals surface area contributed by atoms with Crippen LogP contribution in [0.15, 0.2) is 51.1 Å². The molecular formula is C20H18N4O8. The number of carbonyl (C=O) groups is 1. The number of fused-ring (bicyclic) bond motifs is 1. The maximum atomic E-state index is 12.6. The number of hydrogen-bond donors (Lipinski definition) is 2. The van der Waals surface area contributed by atoms with E-state index in [4.69, 9.17) is 14.6 Å². The van der Waals surface area contributed by atoms with Crippen LogP contribution in [0.3, 0.4) is 0 Å². The second kappa shape index (κ2) is 9.12. The van der Waals surface area contributed by atoms with Crippen LogP contribution in [0.4, 0.5) is 5.69 Å². The van der Waals surface area contributed by atoms with E-state index in [0.29, 0.717) is 10.2 Å². The highest BCUT2D eigenvalue weighted by molar-refractivity contribution is 5.84. The number of nitrogens with one attached hydrogen (secondary N) is 1. The van der Waals surface area contributed by atoms with Crippen LogP contribution in [0.5, 0.6) is 11.5 Å². The molecule has 0 saturated heterocycles. The van der Waals surface area contributed by atoms with Gasteiger partial charge in [0.2, 0.25) is 5.75 Å². The molecule has 2 N–H and O–H groups in total. The van der Waals surface area contributed by atoms with Crippen molar-refractivity contribution in [1.29, 1.82) is 0 Å². The number of para-hydroxylation sites is 1. The average molecular weight is 442 g/mol. The van der Waals surface area contributed by atoms with E-state index in [1.165, 1.54) is 19.1 Å².